The standard InChI is InChI=1S/C25H50N2O.BrH/c1-5-7-8-9-10-11-12-13-14-15-16-17-18-19-23-27(3,4)24-20-22-26-25(28)21-6-2;/h6,21H,5,7-20,22-24H2,1-4H3;1H. The highest BCUT2D eigenvalue weighted by Crippen LogP contribution is 2.13. The molecule has 174 valence electrons. The van der Waals surface area contributed by atoms with Crippen molar-refractivity contribution in [3.05, 3.63) is 12.2 Å². The summed E-state index contributed by atoms with van der Waals surface area (Å²) in [5, 5.41) is 2.94. The van der Waals surface area contributed by atoms with Crippen molar-refractivity contribution >= 4 is 5.91 Å². The zero-order chi connectivity index (χ0) is 20.9. The quantitative estimate of drug-likeness (QED) is 0.163. The Morgan fingerprint density at radius 1 is 0.724 bits per heavy atom. The number of hydrogen-bond donors (Lipinski definition) is 1. The minimum Gasteiger partial charge on any atom is -1.00 e. The number of nitrogens with zero attached hydrogens (tertiary/aromatic N) is 1. The molecule has 4 heteroatoms. The van der Waals surface area contributed by atoms with Gasteiger partial charge in [0.15, 0.2) is 0 Å². The average Bonchev–Trinajstić information content (AvgIpc) is 2.66. The van der Waals surface area contributed by atoms with Crippen molar-refractivity contribution in [2.45, 2.75) is 110 Å². The molecule has 0 aromatic carbocycles. The van der Waals surface area contributed by atoms with E-state index >= 15 is 0 Å². The molecular weight excluding hydrogens is 424 g/mol. The number of carbonyl (C=O) groups is 1. The second kappa shape index (κ2) is 22.3. The van der Waals surface area contributed by atoms with Gasteiger partial charge in [0.25, 0.3) is 0 Å². The lowest BCUT2D eigenvalue weighted by atomic mass is 10.0. The molecule has 0 aliphatic rings. The van der Waals surface area contributed by atoms with Gasteiger partial charge < -0.3 is 26.8 Å². The van der Waals surface area contributed by atoms with Gasteiger partial charge >= 0.3 is 0 Å². The summed E-state index contributed by atoms with van der Waals surface area (Å²) in [6.07, 6.45) is 24.3. The molecule has 3 nitrogen and oxygen atoms in total. The topological polar surface area (TPSA) is 29.1 Å². The second-order valence-corrected chi connectivity index (χ2v) is 9.12. The maximum Gasteiger partial charge on any atom is 0.243 e. The van der Waals surface area contributed by atoms with Crippen LogP contribution in [0.2, 0.25) is 0 Å². The molecule has 0 saturated carbocycles. The summed E-state index contributed by atoms with van der Waals surface area (Å²) in [4.78, 5) is 11.4. The molecule has 0 aliphatic heterocycles. The van der Waals surface area contributed by atoms with E-state index < -0.39 is 0 Å². The number of nitrogens with one attached hydrogen (secondary N) is 1. The third-order valence-electron chi connectivity index (χ3n) is 5.67. The van der Waals surface area contributed by atoms with Gasteiger partial charge in [-0.1, -0.05) is 90.0 Å². The summed E-state index contributed by atoms with van der Waals surface area (Å²) in [5.74, 6) is 0.0276. The van der Waals surface area contributed by atoms with E-state index in [4.69, 9.17) is 0 Å². The molecule has 1 N–H and O–H groups in total. The van der Waals surface area contributed by atoms with Crippen molar-refractivity contribution in [2.75, 3.05) is 33.7 Å². The van der Waals surface area contributed by atoms with E-state index in [0.29, 0.717) is 0 Å². The number of hydrogen-bond acceptors (Lipinski definition) is 1. The van der Waals surface area contributed by atoms with Gasteiger partial charge in [0, 0.05) is 13.0 Å². The fourth-order valence-electron chi connectivity index (χ4n) is 3.78. The van der Waals surface area contributed by atoms with Crippen molar-refractivity contribution in [1.29, 1.82) is 0 Å². The first kappa shape index (κ1) is 30.8. The Kier molecular flexibility index (Phi) is 23.8. The molecule has 29 heavy (non-hydrogen) atoms. The number of halogens is 1. The van der Waals surface area contributed by atoms with Gasteiger partial charge in [0.05, 0.1) is 27.2 Å². The van der Waals surface area contributed by atoms with Crippen LogP contribution in [-0.4, -0.2) is 44.1 Å². The van der Waals surface area contributed by atoms with E-state index in [0.717, 1.165) is 24.0 Å². The highest BCUT2D eigenvalue weighted by Gasteiger charge is 2.13. The zero-order valence-electron chi connectivity index (χ0n) is 20.1. The first-order chi connectivity index (χ1) is 13.5. The molecule has 0 unspecified atom stereocenters. The Bertz CT molecular complexity index is 383. The number of amides is 1. The lowest BCUT2D eigenvalue weighted by molar-refractivity contribution is -0.890. The van der Waals surface area contributed by atoms with Crippen molar-refractivity contribution in [2.24, 2.45) is 0 Å². The Labute approximate surface area is 193 Å². The van der Waals surface area contributed by atoms with Gasteiger partial charge in [-0.3, -0.25) is 4.79 Å². The smallest absolute Gasteiger partial charge is 0.243 e. The first-order valence-corrected chi connectivity index (χ1v) is 12.2. The van der Waals surface area contributed by atoms with Gasteiger partial charge in [-0.2, -0.15) is 0 Å². The second-order valence-electron chi connectivity index (χ2n) is 9.12. The largest absolute Gasteiger partial charge is 1.00 e. The van der Waals surface area contributed by atoms with Crippen molar-refractivity contribution in [3.63, 3.8) is 0 Å². The average molecular weight is 476 g/mol. The predicted octanol–water partition coefficient (Wildman–Crippen LogP) is 3.63. The molecule has 0 aliphatic carbocycles. The van der Waals surface area contributed by atoms with Crippen LogP contribution < -0.4 is 22.3 Å². The van der Waals surface area contributed by atoms with E-state index in [9.17, 15) is 4.79 Å². The summed E-state index contributed by atoms with van der Waals surface area (Å²) in [5.41, 5.74) is 0. The van der Waals surface area contributed by atoms with Crippen LogP contribution in [-0.2, 0) is 4.79 Å². The molecule has 0 saturated heterocycles. The molecule has 0 spiro atoms. The highest BCUT2D eigenvalue weighted by molar-refractivity contribution is 5.87. The Hall–Kier alpha value is -0.350. The van der Waals surface area contributed by atoms with E-state index in [1.165, 1.54) is 96.4 Å². The normalized spacial score (nSPS) is 11.6. The third kappa shape index (κ3) is 23.8. The number of carbonyl (C=O) groups excluding carboxylic acids is 1. The number of unbranched alkanes of at least 4 members (excludes halogenated alkanes) is 13. The maximum absolute atomic E-state index is 11.4. The Morgan fingerprint density at radius 2 is 1.14 bits per heavy atom. The number of quaternary nitrogens is 1. The van der Waals surface area contributed by atoms with Crippen LogP contribution in [0.3, 0.4) is 0 Å². The molecule has 0 radical (unpaired) electrons. The SMILES string of the molecule is CC=CC(=O)NCCC[N+](C)(C)CCCCCCCCCCCCCCCC.[Br-]. The number of allylic oxidation sites excluding steroid dienone is 1. The van der Waals surface area contributed by atoms with E-state index in [2.05, 4.69) is 26.3 Å². The van der Waals surface area contributed by atoms with Crippen LogP contribution in [0.25, 0.3) is 0 Å². The van der Waals surface area contributed by atoms with Gasteiger partial charge in [-0.15, -0.1) is 0 Å². The van der Waals surface area contributed by atoms with Crippen LogP contribution >= 0.6 is 0 Å². The lowest BCUT2D eigenvalue weighted by Gasteiger charge is -2.30. The van der Waals surface area contributed by atoms with Crippen LogP contribution in [0.1, 0.15) is 110 Å². The van der Waals surface area contributed by atoms with Crippen LogP contribution in [0.5, 0.6) is 0 Å². The third-order valence-corrected chi connectivity index (χ3v) is 5.67. The first-order valence-electron chi connectivity index (χ1n) is 12.2. The number of rotatable bonds is 20. The lowest BCUT2D eigenvalue weighted by Crippen LogP contribution is -3.00. The van der Waals surface area contributed by atoms with Crippen LogP contribution in [0, 0.1) is 0 Å². The minimum atomic E-state index is 0. The van der Waals surface area contributed by atoms with Gasteiger partial charge in [0.1, 0.15) is 0 Å². The minimum absolute atomic E-state index is 0. The summed E-state index contributed by atoms with van der Waals surface area (Å²) < 4.78 is 1.07. The molecule has 0 heterocycles. The van der Waals surface area contributed by atoms with Crippen molar-refractivity contribution in [3.8, 4) is 0 Å². The van der Waals surface area contributed by atoms with Crippen molar-refractivity contribution < 1.29 is 26.3 Å². The fourth-order valence-corrected chi connectivity index (χ4v) is 3.78. The van der Waals surface area contributed by atoms with E-state index in [1.54, 1.807) is 12.2 Å². The molecule has 0 fully saturated rings. The fraction of sp³-hybridized carbons (Fsp3) is 0.880. The molecule has 0 atom stereocenters. The van der Waals surface area contributed by atoms with E-state index in [1.807, 2.05) is 6.92 Å². The summed E-state index contributed by atoms with van der Waals surface area (Å²) >= 11 is 0. The molecule has 0 bridgehead atoms. The van der Waals surface area contributed by atoms with E-state index in [-0.39, 0.29) is 22.9 Å². The van der Waals surface area contributed by atoms with Gasteiger partial charge in [-0.05, 0) is 25.8 Å². The predicted molar refractivity (Wildman–Crippen MR) is 125 cm³/mol. The molecule has 0 rings (SSSR count). The zero-order valence-corrected chi connectivity index (χ0v) is 21.7. The highest BCUT2D eigenvalue weighted by atomic mass is 79.9. The molecular formula is C25H51BrN2O. The Balaban J connectivity index is 0. The van der Waals surface area contributed by atoms with Gasteiger partial charge in [0.2, 0.25) is 5.91 Å². The monoisotopic (exact) mass is 474 g/mol. The molecule has 0 aromatic rings. The summed E-state index contributed by atoms with van der Waals surface area (Å²) in [6.45, 7) is 7.32. The summed E-state index contributed by atoms with van der Waals surface area (Å²) in [7, 11) is 4.63. The van der Waals surface area contributed by atoms with Crippen LogP contribution in [0.4, 0.5) is 0 Å². The van der Waals surface area contributed by atoms with Gasteiger partial charge in [-0.25, -0.2) is 0 Å². The van der Waals surface area contributed by atoms with Crippen molar-refractivity contribution in [1.82, 2.24) is 5.32 Å². The van der Waals surface area contributed by atoms with Crippen LogP contribution in [0.15, 0.2) is 12.2 Å². The Morgan fingerprint density at radius 3 is 1.59 bits per heavy atom. The molecule has 1 amide bonds. The molecule has 0 aromatic heterocycles. The maximum atomic E-state index is 11.4. The summed E-state index contributed by atoms with van der Waals surface area (Å²) in [6, 6.07) is 0.